The number of amides is 2. The van der Waals surface area contributed by atoms with Crippen LogP contribution in [0.1, 0.15) is 44.7 Å². The third-order valence-corrected chi connectivity index (χ3v) is 5.08. The van der Waals surface area contributed by atoms with Gasteiger partial charge in [0.25, 0.3) is 5.91 Å². The highest BCUT2D eigenvalue weighted by atomic mass is 32.1. The average Bonchev–Trinajstić information content (AvgIpc) is 3.06. The molecule has 1 unspecified atom stereocenters. The minimum absolute atomic E-state index is 0.0459. The Morgan fingerprint density at radius 1 is 1.57 bits per heavy atom. The molecule has 0 bridgehead atoms. The summed E-state index contributed by atoms with van der Waals surface area (Å²) < 4.78 is 0. The van der Waals surface area contributed by atoms with E-state index in [1.165, 1.54) is 11.3 Å². The Morgan fingerprint density at radius 3 is 2.81 bits per heavy atom. The molecule has 1 aliphatic heterocycles. The maximum Gasteiger partial charge on any atom is 0.251 e. The van der Waals surface area contributed by atoms with E-state index in [0.717, 1.165) is 30.1 Å². The lowest BCUT2D eigenvalue weighted by atomic mass is 10.1. The van der Waals surface area contributed by atoms with Gasteiger partial charge in [-0.15, -0.1) is 11.3 Å². The molecule has 1 aromatic rings. The van der Waals surface area contributed by atoms with Crippen LogP contribution in [0.2, 0.25) is 0 Å². The molecule has 2 fully saturated rings. The second kappa shape index (κ2) is 5.75. The summed E-state index contributed by atoms with van der Waals surface area (Å²) in [6.45, 7) is 4.63. The van der Waals surface area contributed by atoms with Gasteiger partial charge in [-0.3, -0.25) is 14.5 Å². The summed E-state index contributed by atoms with van der Waals surface area (Å²) in [5.41, 5.74) is 0.943. The monoisotopic (exact) mass is 307 g/mol. The van der Waals surface area contributed by atoms with Crippen molar-refractivity contribution in [2.24, 2.45) is 0 Å². The van der Waals surface area contributed by atoms with Gasteiger partial charge < -0.3 is 4.90 Å². The number of thiazole rings is 1. The third-order valence-electron chi connectivity index (χ3n) is 4.12. The first-order chi connectivity index (χ1) is 10.1. The van der Waals surface area contributed by atoms with Crippen molar-refractivity contribution in [1.82, 2.24) is 9.88 Å². The van der Waals surface area contributed by atoms with Crippen molar-refractivity contribution in [3.05, 3.63) is 11.1 Å². The zero-order valence-corrected chi connectivity index (χ0v) is 13.4. The van der Waals surface area contributed by atoms with Gasteiger partial charge in [-0.2, -0.15) is 0 Å². The Hall–Kier alpha value is -1.43. The normalized spacial score (nSPS) is 19.9. The Labute approximate surface area is 129 Å². The molecule has 1 saturated heterocycles. The molecule has 0 radical (unpaired) electrons. The lowest BCUT2D eigenvalue weighted by Gasteiger charge is -2.30. The minimum atomic E-state index is -0.329. The van der Waals surface area contributed by atoms with Crippen molar-refractivity contribution in [1.29, 1.82) is 0 Å². The smallest absolute Gasteiger partial charge is 0.251 e. The van der Waals surface area contributed by atoms with Crippen molar-refractivity contribution in [2.75, 3.05) is 11.4 Å². The fourth-order valence-corrected chi connectivity index (χ4v) is 3.78. The fraction of sp³-hybridized carbons (Fsp3) is 0.667. The van der Waals surface area contributed by atoms with Crippen LogP contribution in [0.5, 0.6) is 0 Å². The maximum absolute atomic E-state index is 13.0. The Morgan fingerprint density at radius 2 is 2.33 bits per heavy atom. The van der Waals surface area contributed by atoms with E-state index in [-0.39, 0.29) is 23.9 Å². The summed E-state index contributed by atoms with van der Waals surface area (Å²) in [7, 11) is 0. The van der Waals surface area contributed by atoms with Crippen LogP contribution in [0, 0.1) is 6.92 Å². The van der Waals surface area contributed by atoms with E-state index >= 15 is 0 Å². The number of hydrogen-bond acceptors (Lipinski definition) is 4. The largest absolute Gasteiger partial charge is 0.331 e. The highest BCUT2D eigenvalue weighted by Crippen LogP contribution is 2.35. The van der Waals surface area contributed by atoms with Gasteiger partial charge in [0.2, 0.25) is 5.91 Å². The van der Waals surface area contributed by atoms with Crippen LogP contribution in [-0.4, -0.2) is 40.3 Å². The van der Waals surface area contributed by atoms with Gasteiger partial charge in [0.15, 0.2) is 5.13 Å². The number of rotatable bonds is 5. The number of nitrogens with zero attached hydrogens (tertiary/aromatic N) is 3. The Kier molecular flexibility index (Phi) is 3.97. The fourth-order valence-electron chi connectivity index (χ4n) is 2.90. The second-order valence-electron chi connectivity index (χ2n) is 5.83. The van der Waals surface area contributed by atoms with Gasteiger partial charge in [0, 0.05) is 24.4 Å². The molecule has 2 aliphatic rings. The molecule has 1 saturated carbocycles. The SMILES string of the molecule is CCC(C(=O)N(c1nc(C)cs1)C1CC1)N1CCCC1=O. The number of likely N-dealkylation sites (tertiary alicyclic amines) is 1. The van der Waals surface area contributed by atoms with Crippen LogP contribution >= 0.6 is 11.3 Å². The zero-order chi connectivity index (χ0) is 15.0. The van der Waals surface area contributed by atoms with Crippen molar-refractivity contribution in [3.63, 3.8) is 0 Å². The number of carbonyl (C=O) groups is 2. The van der Waals surface area contributed by atoms with Gasteiger partial charge in [0.1, 0.15) is 6.04 Å². The van der Waals surface area contributed by atoms with E-state index in [1.807, 2.05) is 24.1 Å². The molecule has 2 amide bonds. The van der Waals surface area contributed by atoms with Crippen molar-refractivity contribution in [2.45, 2.75) is 58.0 Å². The van der Waals surface area contributed by atoms with E-state index in [9.17, 15) is 9.59 Å². The van der Waals surface area contributed by atoms with Crippen LogP contribution in [0.15, 0.2) is 5.38 Å². The van der Waals surface area contributed by atoms with Crippen molar-refractivity contribution >= 4 is 28.3 Å². The van der Waals surface area contributed by atoms with E-state index in [1.54, 1.807) is 4.90 Å². The minimum Gasteiger partial charge on any atom is -0.331 e. The number of aromatic nitrogens is 1. The van der Waals surface area contributed by atoms with Crippen LogP contribution in [0.3, 0.4) is 0 Å². The second-order valence-corrected chi connectivity index (χ2v) is 6.66. The lowest BCUT2D eigenvalue weighted by molar-refractivity contribution is -0.136. The van der Waals surface area contributed by atoms with Gasteiger partial charge in [-0.1, -0.05) is 6.92 Å². The molecule has 1 atom stereocenters. The predicted octanol–water partition coefficient (Wildman–Crippen LogP) is 2.35. The first-order valence-corrected chi connectivity index (χ1v) is 8.54. The topological polar surface area (TPSA) is 53.5 Å². The summed E-state index contributed by atoms with van der Waals surface area (Å²) in [5, 5.41) is 2.75. The van der Waals surface area contributed by atoms with Crippen molar-refractivity contribution in [3.8, 4) is 0 Å². The first-order valence-electron chi connectivity index (χ1n) is 7.66. The molecular weight excluding hydrogens is 286 g/mol. The van der Waals surface area contributed by atoms with E-state index in [2.05, 4.69) is 4.98 Å². The zero-order valence-electron chi connectivity index (χ0n) is 12.5. The quantitative estimate of drug-likeness (QED) is 0.839. The first kappa shape index (κ1) is 14.5. The lowest BCUT2D eigenvalue weighted by Crippen LogP contribution is -2.50. The van der Waals surface area contributed by atoms with Gasteiger partial charge in [-0.25, -0.2) is 4.98 Å². The summed E-state index contributed by atoms with van der Waals surface area (Å²) in [5.74, 6) is 0.158. The average molecular weight is 307 g/mol. The highest BCUT2D eigenvalue weighted by Gasteiger charge is 2.41. The number of carbonyl (C=O) groups excluding carboxylic acids is 2. The number of hydrogen-bond donors (Lipinski definition) is 0. The summed E-state index contributed by atoms with van der Waals surface area (Å²) >= 11 is 1.52. The molecule has 114 valence electrons. The molecule has 5 nitrogen and oxygen atoms in total. The molecule has 1 aromatic heterocycles. The third kappa shape index (κ3) is 2.81. The molecule has 6 heteroatoms. The van der Waals surface area contributed by atoms with Crippen LogP contribution < -0.4 is 4.90 Å². The molecule has 3 rings (SSSR count). The maximum atomic E-state index is 13.0. The van der Waals surface area contributed by atoms with E-state index in [4.69, 9.17) is 0 Å². The van der Waals surface area contributed by atoms with Crippen LogP contribution in [0.4, 0.5) is 5.13 Å². The molecular formula is C15H21N3O2S. The highest BCUT2D eigenvalue weighted by molar-refractivity contribution is 7.14. The standard InChI is InChI=1S/C15H21N3O2S/c1-3-12(17-8-4-5-13(17)19)14(20)18(11-6-7-11)15-16-10(2)9-21-15/h9,11-12H,3-8H2,1-2H3. The predicted molar refractivity (Wildman–Crippen MR) is 82.4 cm³/mol. The van der Waals surface area contributed by atoms with Crippen molar-refractivity contribution < 1.29 is 9.59 Å². The molecule has 1 aliphatic carbocycles. The summed E-state index contributed by atoms with van der Waals surface area (Å²) in [6, 6.07) is -0.0559. The molecule has 0 N–H and O–H groups in total. The molecule has 0 aromatic carbocycles. The molecule has 21 heavy (non-hydrogen) atoms. The van der Waals surface area contributed by atoms with Gasteiger partial charge in [0.05, 0.1) is 5.69 Å². The number of aryl methyl sites for hydroxylation is 1. The van der Waals surface area contributed by atoms with Gasteiger partial charge in [-0.05, 0) is 32.6 Å². The number of anilines is 1. The Bertz CT molecular complexity index is 553. The summed E-state index contributed by atoms with van der Waals surface area (Å²) in [6.07, 6.45) is 4.17. The van der Waals surface area contributed by atoms with Crippen LogP contribution in [-0.2, 0) is 9.59 Å². The van der Waals surface area contributed by atoms with E-state index in [0.29, 0.717) is 19.4 Å². The van der Waals surface area contributed by atoms with Gasteiger partial charge >= 0.3 is 0 Å². The molecule has 2 heterocycles. The summed E-state index contributed by atoms with van der Waals surface area (Å²) in [4.78, 5) is 33.0. The Balaban J connectivity index is 1.84. The van der Waals surface area contributed by atoms with E-state index < -0.39 is 0 Å². The van der Waals surface area contributed by atoms with Crippen LogP contribution in [0.25, 0.3) is 0 Å². The molecule has 0 spiro atoms.